The van der Waals surface area contributed by atoms with E-state index in [2.05, 4.69) is 31.3 Å². The average Bonchev–Trinajstić information content (AvgIpc) is 2.75. The fourth-order valence-electron chi connectivity index (χ4n) is 3.65. The molecule has 0 aliphatic carbocycles. The van der Waals surface area contributed by atoms with Crippen LogP contribution in [0.3, 0.4) is 0 Å². The summed E-state index contributed by atoms with van der Waals surface area (Å²) in [4.78, 5) is 27.1. The summed E-state index contributed by atoms with van der Waals surface area (Å²) >= 11 is 1.67. The number of nitrogens with one attached hydrogen (secondary N) is 1. The summed E-state index contributed by atoms with van der Waals surface area (Å²) in [6, 6.07) is 16.3. The molecule has 160 valence electrons. The lowest BCUT2D eigenvalue weighted by molar-refractivity contribution is -0.122. The van der Waals surface area contributed by atoms with Crippen LogP contribution in [0.2, 0.25) is 0 Å². The van der Waals surface area contributed by atoms with E-state index in [9.17, 15) is 14.0 Å². The maximum absolute atomic E-state index is 13.9. The second-order valence-corrected chi connectivity index (χ2v) is 9.15. The molecule has 3 rings (SSSR count). The van der Waals surface area contributed by atoms with Crippen molar-refractivity contribution in [2.24, 2.45) is 5.92 Å². The summed E-state index contributed by atoms with van der Waals surface area (Å²) in [5.41, 5.74) is 1.32. The van der Waals surface area contributed by atoms with Gasteiger partial charge in [-0.25, -0.2) is 4.39 Å². The summed E-state index contributed by atoms with van der Waals surface area (Å²) in [6.45, 7) is 5.17. The summed E-state index contributed by atoms with van der Waals surface area (Å²) in [6.07, 6.45) is 1.36. The van der Waals surface area contributed by atoms with Gasteiger partial charge in [0.05, 0.1) is 10.8 Å². The minimum atomic E-state index is -0.492. The number of amides is 2. The standard InChI is InChI=1S/C24H29FN2O2S/c1-17(2)22(30-16-18-8-4-3-5-9-18)23(28)26-19-12-14-27(15-13-19)24(29)20-10-6-7-11-21(20)25/h3-11,17,19,22H,12-16H2,1-2H3,(H,26,28). The van der Waals surface area contributed by atoms with Crippen molar-refractivity contribution in [2.45, 2.75) is 43.7 Å². The second kappa shape index (κ2) is 10.6. The molecule has 1 saturated heterocycles. The molecule has 2 aromatic rings. The zero-order chi connectivity index (χ0) is 21.5. The van der Waals surface area contributed by atoms with Gasteiger partial charge in [-0.3, -0.25) is 9.59 Å². The molecular weight excluding hydrogens is 399 g/mol. The van der Waals surface area contributed by atoms with Crippen LogP contribution in [-0.4, -0.2) is 41.1 Å². The minimum Gasteiger partial charge on any atom is -0.352 e. The highest BCUT2D eigenvalue weighted by molar-refractivity contribution is 7.99. The molecule has 0 bridgehead atoms. The molecule has 1 fully saturated rings. The van der Waals surface area contributed by atoms with Gasteiger partial charge in [-0.1, -0.05) is 56.3 Å². The fraction of sp³-hybridized carbons (Fsp3) is 0.417. The predicted molar refractivity (Wildman–Crippen MR) is 120 cm³/mol. The van der Waals surface area contributed by atoms with Crippen molar-refractivity contribution >= 4 is 23.6 Å². The average molecular weight is 429 g/mol. The number of carbonyl (C=O) groups is 2. The smallest absolute Gasteiger partial charge is 0.256 e. The molecule has 0 saturated carbocycles. The first-order chi connectivity index (χ1) is 14.5. The van der Waals surface area contributed by atoms with E-state index in [1.165, 1.54) is 17.7 Å². The molecule has 6 heteroatoms. The molecule has 1 unspecified atom stereocenters. The fourth-order valence-corrected chi connectivity index (χ4v) is 4.82. The summed E-state index contributed by atoms with van der Waals surface area (Å²) in [5.74, 6) is 0.308. The van der Waals surface area contributed by atoms with Crippen LogP contribution in [-0.2, 0) is 10.5 Å². The van der Waals surface area contributed by atoms with Gasteiger partial charge in [-0.05, 0) is 36.5 Å². The third-order valence-corrected chi connectivity index (χ3v) is 6.99. The van der Waals surface area contributed by atoms with Gasteiger partial charge in [0, 0.05) is 24.9 Å². The van der Waals surface area contributed by atoms with Crippen LogP contribution < -0.4 is 5.32 Å². The summed E-state index contributed by atoms with van der Waals surface area (Å²) in [5, 5.41) is 3.05. The van der Waals surface area contributed by atoms with Crippen LogP contribution >= 0.6 is 11.8 Å². The van der Waals surface area contributed by atoms with Gasteiger partial charge in [0.15, 0.2) is 0 Å². The molecular formula is C24H29FN2O2S. The van der Waals surface area contributed by atoms with Gasteiger partial charge >= 0.3 is 0 Å². The normalized spacial score (nSPS) is 15.8. The lowest BCUT2D eigenvalue weighted by atomic mass is 10.0. The topological polar surface area (TPSA) is 49.4 Å². The van der Waals surface area contributed by atoms with Crippen molar-refractivity contribution in [1.82, 2.24) is 10.2 Å². The Morgan fingerprint density at radius 3 is 2.33 bits per heavy atom. The monoisotopic (exact) mass is 428 g/mol. The number of halogens is 1. The quantitative estimate of drug-likeness (QED) is 0.706. The Balaban J connectivity index is 1.50. The number of piperidine rings is 1. The van der Waals surface area contributed by atoms with Gasteiger partial charge in [0.2, 0.25) is 5.91 Å². The number of carbonyl (C=O) groups excluding carboxylic acids is 2. The maximum Gasteiger partial charge on any atom is 0.256 e. The lowest BCUT2D eigenvalue weighted by Gasteiger charge is -2.33. The molecule has 4 nitrogen and oxygen atoms in total. The number of likely N-dealkylation sites (tertiary alicyclic amines) is 1. The Morgan fingerprint density at radius 2 is 1.70 bits per heavy atom. The third-order valence-electron chi connectivity index (χ3n) is 5.37. The van der Waals surface area contributed by atoms with Gasteiger partial charge in [-0.2, -0.15) is 0 Å². The zero-order valence-electron chi connectivity index (χ0n) is 17.5. The van der Waals surface area contributed by atoms with Crippen LogP contribution in [0.15, 0.2) is 54.6 Å². The van der Waals surface area contributed by atoms with E-state index in [4.69, 9.17) is 0 Å². The molecule has 1 atom stereocenters. The first-order valence-electron chi connectivity index (χ1n) is 10.5. The highest BCUT2D eigenvalue weighted by Gasteiger charge is 2.29. The first-order valence-corrected chi connectivity index (χ1v) is 11.5. The van der Waals surface area contributed by atoms with Gasteiger partial charge in [-0.15, -0.1) is 11.8 Å². The molecule has 0 radical (unpaired) electrons. The first kappa shape index (κ1) is 22.3. The predicted octanol–water partition coefficient (Wildman–Crippen LogP) is 4.50. The van der Waals surface area contributed by atoms with Crippen molar-refractivity contribution < 1.29 is 14.0 Å². The SMILES string of the molecule is CC(C)C(SCc1ccccc1)C(=O)NC1CCN(C(=O)c2ccccc2F)CC1. The Bertz CT molecular complexity index is 851. The molecule has 2 aromatic carbocycles. The van der Waals surface area contributed by atoms with Crippen molar-refractivity contribution in [2.75, 3.05) is 13.1 Å². The van der Waals surface area contributed by atoms with E-state index in [0.29, 0.717) is 25.9 Å². The van der Waals surface area contributed by atoms with E-state index >= 15 is 0 Å². The maximum atomic E-state index is 13.9. The van der Waals surface area contributed by atoms with Crippen molar-refractivity contribution in [1.29, 1.82) is 0 Å². The van der Waals surface area contributed by atoms with Crippen molar-refractivity contribution in [3.05, 3.63) is 71.5 Å². The molecule has 1 heterocycles. The van der Waals surface area contributed by atoms with Crippen LogP contribution in [0, 0.1) is 11.7 Å². The van der Waals surface area contributed by atoms with Gasteiger partial charge in [0.25, 0.3) is 5.91 Å². The highest BCUT2D eigenvalue weighted by atomic mass is 32.2. The highest BCUT2D eigenvalue weighted by Crippen LogP contribution is 2.25. The van der Waals surface area contributed by atoms with Crippen LogP contribution in [0.4, 0.5) is 4.39 Å². The molecule has 30 heavy (non-hydrogen) atoms. The molecule has 1 N–H and O–H groups in total. The largest absolute Gasteiger partial charge is 0.352 e. The second-order valence-electron chi connectivity index (χ2n) is 8.02. The van der Waals surface area contributed by atoms with Gasteiger partial charge < -0.3 is 10.2 Å². The van der Waals surface area contributed by atoms with Crippen LogP contribution in [0.25, 0.3) is 0 Å². The number of rotatable bonds is 7. The summed E-state index contributed by atoms with van der Waals surface area (Å²) in [7, 11) is 0. The van der Waals surface area contributed by atoms with E-state index in [-0.39, 0.29) is 34.6 Å². The molecule has 1 aliphatic rings. The lowest BCUT2D eigenvalue weighted by Crippen LogP contribution is -2.49. The van der Waals surface area contributed by atoms with Crippen molar-refractivity contribution in [3.8, 4) is 0 Å². The van der Waals surface area contributed by atoms with E-state index < -0.39 is 5.82 Å². The van der Waals surface area contributed by atoms with Crippen LogP contribution in [0.5, 0.6) is 0 Å². The molecule has 0 aromatic heterocycles. The van der Waals surface area contributed by atoms with Gasteiger partial charge in [0.1, 0.15) is 5.82 Å². The van der Waals surface area contributed by atoms with E-state index in [1.54, 1.807) is 28.8 Å². The molecule has 0 spiro atoms. The number of benzene rings is 2. The number of nitrogens with zero attached hydrogens (tertiary/aromatic N) is 1. The Kier molecular flexibility index (Phi) is 7.91. The molecule has 2 amide bonds. The minimum absolute atomic E-state index is 0.0424. The number of hydrogen-bond donors (Lipinski definition) is 1. The Labute approximate surface area is 182 Å². The zero-order valence-corrected chi connectivity index (χ0v) is 18.3. The third kappa shape index (κ3) is 5.85. The number of hydrogen-bond acceptors (Lipinski definition) is 3. The Morgan fingerprint density at radius 1 is 1.07 bits per heavy atom. The summed E-state index contributed by atoms with van der Waals surface area (Å²) < 4.78 is 13.9. The van der Waals surface area contributed by atoms with Crippen LogP contribution in [0.1, 0.15) is 42.6 Å². The van der Waals surface area contributed by atoms with E-state index in [0.717, 1.165) is 5.75 Å². The number of thioether (sulfide) groups is 1. The van der Waals surface area contributed by atoms with E-state index in [1.807, 2.05) is 18.2 Å². The Hall–Kier alpha value is -2.34. The van der Waals surface area contributed by atoms with Crippen molar-refractivity contribution in [3.63, 3.8) is 0 Å². The molecule has 1 aliphatic heterocycles.